The highest BCUT2D eigenvalue weighted by atomic mass is 32.2. The van der Waals surface area contributed by atoms with Gasteiger partial charge in [0.15, 0.2) is 0 Å². The van der Waals surface area contributed by atoms with Crippen LogP contribution in [0.4, 0.5) is 0 Å². The highest BCUT2D eigenvalue weighted by Crippen LogP contribution is 2.09. The summed E-state index contributed by atoms with van der Waals surface area (Å²) in [6, 6.07) is -0.212. The third-order valence-corrected chi connectivity index (χ3v) is 1.78. The molecule has 68 valence electrons. The lowest BCUT2D eigenvalue weighted by molar-refractivity contribution is 0.0639. The second kappa shape index (κ2) is 4.04. The molecule has 5 heteroatoms. The Hall–Kier alpha value is -0.130. The van der Waals surface area contributed by atoms with Gasteiger partial charge < -0.3 is 5.11 Å². The Morgan fingerprint density at radius 1 is 1.55 bits per heavy atom. The van der Waals surface area contributed by atoms with Gasteiger partial charge >= 0.3 is 0 Å². The van der Waals surface area contributed by atoms with E-state index in [-0.39, 0.29) is 6.04 Å². The Morgan fingerprint density at radius 2 is 2.00 bits per heavy atom. The molecule has 0 saturated carbocycles. The van der Waals surface area contributed by atoms with Crippen molar-refractivity contribution in [3.63, 3.8) is 0 Å². The average molecular weight is 181 g/mol. The van der Waals surface area contributed by atoms with Crippen LogP contribution in [0.15, 0.2) is 0 Å². The summed E-state index contributed by atoms with van der Waals surface area (Å²) in [4.78, 5) is 0. The van der Waals surface area contributed by atoms with Crippen LogP contribution in [0.25, 0.3) is 0 Å². The van der Waals surface area contributed by atoms with E-state index in [2.05, 4.69) is 4.72 Å². The summed E-state index contributed by atoms with van der Waals surface area (Å²) in [6.45, 7) is 5.00. The minimum absolute atomic E-state index is 0.212. The summed E-state index contributed by atoms with van der Waals surface area (Å²) in [6.07, 6.45) is 0.413. The highest BCUT2D eigenvalue weighted by molar-refractivity contribution is 7.70. The monoisotopic (exact) mass is 181 g/mol. The molecule has 0 radical (unpaired) electrons. The van der Waals surface area contributed by atoms with Gasteiger partial charge in [0.2, 0.25) is 10.9 Å². The van der Waals surface area contributed by atoms with E-state index in [4.69, 9.17) is 0 Å². The van der Waals surface area contributed by atoms with Gasteiger partial charge in [-0.05, 0) is 27.2 Å². The van der Waals surface area contributed by atoms with Crippen molar-refractivity contribution in [1.82, 2.24) is 4.72 Å². The van der Waals surface area contributed by atoms with Gasteiger partial charge in [0.25, 0.3) is 0 Å². The van der Waals surface area contributed by atoms with E-state index in [1.807, 2.05) is 0 Å². The molecule has 0 aromatic carbocycles. The van der Waals surface area contributed by atoms with Gasteiger partial charge in [0.05, 0.1) is 5.60 Å². The summed E-state index contributed by atoms with van der Waals surface area (Å²) in [7, 11) is -2.55. The van der Waals surface area contributed by atoms with Crippen LogP contribution in [0.2, 0.25) is 0 Å². The molecule has 0 amide bonds. The van der Waals surface area contributed by atoms with Crippen LogP contribution in [-0.2, 0) is 10.9 Å². The van der Waals surface area contributed by atoms with E-state index in [1.165, 1.54) is 0 Å². The highest BCUT2D eigenvalue weighted by Gasteiger charge is 2.16. The van der Waals surface area contributed by atoms with Gasteiger partial charge in [-0.25, -0.2) is 13.1 Å². The molecule has 0 spiro atoms. The molecule has 0 aliphatic carbocycles. The standard InChI is InChI=1S/C6H15NO3S/c1-5(7-11(9)10)4-6(2,3)8/h5,8,11H,4H2,1-3H3,(H,7,9,10). The number of nitrogens with one attached hydrogen (secondary N) is 1. The van der Waals surface area contributed by atoms with Crippen LogP contribution in [0.3, 0.4) is 0 Å². The minimum atomic E-state index is -2.55. The fourth-order valence-electron chi connectivity index (χ4n) is 0.975. The summed E-state index contributed by atoms with van der Waals surface area (Å²) in [5, 5.41) is 9.26. The number of rotatable bonds is 4. The fourth-order valence-corrected chi connectivity index (χ4v) is 1.43. The van der Waals surface area contributed by atoms with Crippen molar-refractivity contribution in [3.8, 4) is 0 Å². The molecule has 0 aliphatic rings. The Balaban J connectivity index is 3.79. The van der Waals surface area contributed by atoms with Crippen LogP contribution in [-0.4, -0.2) is 25.2 Å². The maximum atomic E-state index is 10.1. The Bertz CT molecular complexity index is 175. The number of hydrogen-bond donors (Lipinski definition) is 3. The molecule has 0 aliphatic heterocycles. The molecular formula is C6H15NO3S. The van der Waals surface area contributed by atoms with Crippen molar-refractivity contribution in [1.29, 1.82) is 0 Å². The lowest BCUT2D eigenvalue weighted by atomic mass is 10.0. The van der Waals surface area contributed by atoms with Crippen LogP contribution in [0.1, 0.15) is 27.2 Å². The quantitative estimate of drug-likeness (QED) is 0.519. The second-order valence-electron chi connectivity index (χ2n) is 3.30. The van der Waals surface area contributed by atoms with Crippen molar-refractivity contribution < 1.29 is 13.5 Å². The van der Waals surface area contributed by atoms with Crippen molar-refractivity contribution in [3.05, 3.63) is 0 Å². The maximum absolute atomic E-state index is 10.1. The van der Waals surface area contributed by atoms with E-state index < -0.39 is 16.5 Å². The number of aliphatic hydroxyl groups is 1. The first-order valence-electron chi connectivity index (χ1n) is 3.44. The van der Waals surface area contributed by atoms with Gasteiger partial charge in [0, 0.05) is 6.04 Å². The molecule has 0 heterocycles. The SMILES string of the molecule is CC(CC(C)(C)O)N[SH](=O)=O. The third kappa shape index (κ3) is 7.77. The Labute approximate surface area is 68.7 Å². The molecule has 0 saturated heterocycles. The second-order valence-corrected chi connectivity index (χ2v) is 4.08. The summed E-state index contributed by atoms with van der Waals surface area (Å²) in [5.41, 5.74) is -0.822. The molecule has 11 heavy (non-hydrogen) atoms. The number of thiol groups is 1. The van der Waals surface area contributed by atoms with Crippen molar-refractivity contribution in [2.45, 2.75) is 38.8 Å². The fraction of sp³-hybridized carbons (Fsp3) is 1.00. The molecule has 0 aromatic heterocycles. The van der Waals surface area contributed by atoms with E-state index in [1.54, 1.807) is 20.8 Å². The maximum Gasteiger partial charge on any atom is 0.201 e. The lowest BCUT2D eigenvalue weighted by Crippen LogP contribution is -2.33. The van der Waals surface area contributed by atoms with Gasteiger partial charge in [0.1, 0.15) is 0 Å². The van der Waals surface area contributed by atoms with Crippen molar-refractivity contribution in [2.24, 2.45) is 0 Å². The first-order valence-corrected chi connectivity index (χ1v) is 4.62. The van der Waals surface area contributed by atoms with Gasteiger partial charge in [-0.1, -0.05) is 0 Å². The van der Waals surface area contributed by atoms with Gasteiger partial charge in [-0.15, -0.1) is 0 Å². The van der Waals surface area contributed by atoms with E-state index in [0.717, 1.165) is 0 Å². The van der Waals surface area contributed by atoms with Crippen molar-refractivity contribution >= 4 is 10.9 Å². The zero-order valence-corrected chi connectivity index (χ0v) is 7.89. The zero-order chi connectivity index (χ0) is 9.07. The predicted octanol–water partition coefficient (Wildman–Crippen LogP) is -0.348. The first-order chi connectivity index (χ1) is 4.81. The lowest BCUT2D eigenvalue weighted by Gasteiger charge is -2.20. The van der Waals surface area contributed by atoms with Crippen LogP contribution < -0.4 is 4.72 Å². The van der Waals surface area contributed by atoms with E-state index >= 15 is 0 Å². The van der Waals surface area contributed by atoms with Crippen molar-refractivity contribution in [2.75, 3.05) is 0 Å². The Morgan fingerprint density at radius 3 is 2.27 bits per heavy atom. The van der Waals surface area contributed by atoms with Crippen LogP contribution in [0, 0.1) is 0 Å². The predicted molar refractivity (Wildman–Crippen MR) is 43.8 cm³/mol. The van der Waals surface area contributed by atoms with Crippen LogP contribution in [0.5, 0.6) is 0 Å². The molecule has 4 nitrogen and oxygen atoms in total. The van der Waals surface area contributed by atoms with Gasteiger partial charge in [-0.3, -0.25) is 0 Å². The summed E-state index contributed by atoms with van der Waals surface area (Å²) in [5.74, 6) is 0. The smallest absolute Gasteiger partial charge is 0.201 e. The molecular weight excluding hydrogens is 166 g/mol. The largest absolute Gasteiger partial charge is 0.390 e. The Kier molecular flexibility index (Phi) is 3.99. The zero-order valence-electron chi connectivity index (χ0n) is 7.00. The molecule has 2 N–H and O–H groups in total. The van der Waals surface area contributed by atoms with E-state index in [9.17, 15) is 13.5 Å². The van der Waals surface area contributed by atoms with Gasteiger partial charge in [-0.2, -0.15) is 0 Å². The molecule has 0 fully saturated rings. The molecule has 0 rings (SSSR count). The molecule has 0 aromatic rings. The molecule has 0 bridgehead atoms. The average Bonchev–Trinajstić information content (AvgIpc) is 1.53. The number of hydrogen-bond acceptors (Lipinski definition) is 3. The molecule has 1 unspecified atom stereocenters. The summed E-state index contributed by atoms with van der Waals surface area (Å²) >= 11 is 0. The normalized spacial score (nSPS) is 15.4. The third-order valence-electron chi connectivity index (χ3n) is 1.13. The van der Waals surface area contributed by atoms with Crippen LogP contribution >= 0.6 is 0 Å². The summed E-state index contributed by atoms with van der Waals surface area (Å²) < 4.78 is 22.6. The first kappa shape index (κ1) is 10.9. The minimum Gasteiger partial charge on any atom is -0.390 e. The topological polar surface area (TPSA) is 66.4 Å². The van der Waals surface area contributed by atoms with E-state index in [0.29, 0.717) is 6.42 Å². The molecule has 1 atom stereocenters.